The van der Waals surface area contributed by atoms with Crippen molar-refractivity contribution in [2.75, 3.05) is 0 Å². The van der Waals surface area contributed by atoms with Crippen LogP contribution in [0, 0.1) is 0 Å². The molecule has 0 bridgehead atoms. The fourth-order valence-electron chi connectivity index (χ4n) is 3.11. The molecule has 4 rings (SSSR count). The van der Waals surface area contributed by atoms with Gasteiger partial charge < -0.3 is 0 Å². The Bertz CT molecular complexity index is 815. The van der Waals surface area contributed by atoms with Gasteiger partial charge in [0.05, 0.1) is 11.2 Å². The van der Waals surface area contributed by atoms with E-state index in [-0.39, 0.29) is 0 Å². The lowest BCUT2D eigenvalue weighted by molar-refractivity contribution is 0.717. The number of aromatic nitrogens is 1. The topological polar surface area (TPSA) is 12.9 Å². The second kappa shape index (κ2) is 5.57. The SMILES string of the molecule is CCCCCc1ccc(-c2ccc3cc4c(cc3n2)C4)cc1. The number of pyridine rings is 1. The fourth-order valence-corrected chi connectivity index (χ4v) is 3.11. The Morgan fingerprint density at radius 2 is 1.73 bits per heavy atom. The van der Waals surface area contributed by atoms with Crippen molar-refractivity contribution in [3.05, 3.63) is 65.2 Å². The molecule has 1 aromatic heterocycles. The average molecular weight is 287 g/mol. The largest absolute Gasteiger partial charge is 0.248 e. The molecule has 2 aromatic carbocycles. The summed E-state index contributed by atoms with van der Waals surface area (Å²) in [5.74, 6) is 0. The minimum atomic E-state index is 1.08. The molecule has 0 N–H and O–H groups in total. The lowest BCUT2D eigenvalue weighted by Crippen LogP contribution is -1.88. The third-order valence-corrected chi connectivity index (χ3v) is 4.59. The highest BCUT2D eigenvalue weighted by atomic mass is 14.7. The second-order valence-corrected chi connectivity index (χ2v) is 6.34. The van der Waals surface area contributed by atoms with E-state index in [4.69, 9.17) is 4.98 Å². The van der Waals surface area contributed by atoms with Gasteiger partial charge >= 0.3 is 0 Å². The molecule has 1 aliphatic rings. The summed E-state index contributed by atoms with van der Waals surface area (Å²) in [4.78, 5) is 4.84. The summed E-state index contributed by atoms with van der Waals surface area (Å²) in [7, 11) is 0. The van der Waals surface area contributed by atoms with Crippen molar-refractivity contribution in [2.24, 2.45) is 0 Å². The van der Waals surface area contributed by atoms with Gasteiger partial charge in [-0.1, -0.05) is 50.1 Å². The van der Waals surface area contributed by atoms with Gasteiger partial charge in [0.1, 0.15) is 0 Å². The molecular formula is C21H21N. The van der Waals surface area contributed by atoms with Crippen LogP contribution in [0.3, 0.4) is 0 Å². The number of aryl methyl sites for hydroxylation is 1. The van der Waals surface area contributed by atoms with E-state index in [0.717, 1.165) is 17.6 Å². The number of unbranched alkanes of at least 4 members (excludes halogenated alkanes) is 2. The predicted molar refractivity (Wildman–Crippen MR) is 93.2 cm³/mol. The highest BCUT2D eigenvalue weighted by Crippen LogP contribution is 2.32. The molecular weight excluding hydrogens is 266 g/mol. The van der Waals surface area contributed by atoms with E-state index in [2.05, 4.69) is 55.5 Å². The van der Waals surface area contributed by atoms with Gasteiger partial charge in [0.25, 0.3) is 0 Å². The molecule has 0 aliphatic heterocycles. The third kappa shape index (κ3) is 2.64. The molecule has 0 atom stereocenters. The number of rotatable bonds is 5. The molecule has 0 spiro atoms. The quantitative estimate of drug-likeness (QED) is 0.439. The zero-order chi connectivity index (χ0) is 14.9. The highest BCUT2D eigenvalue weighted by molar-refractivity contribution is 5.85. The maximum Gasteiger partial charge on any atom is 0.0712 e. The highest BCUT2D eigenvalue weighted by Gasteiger charge is 2.17. The molecule has 0 saturated carbocycles. The second-order valence-electron chi connectivity index (χ2n) is 6.34. The van der Waals surface area contributed by atoms with Gasteiger partial charge in [0, 0.05) is 10.9 Å². The van der Waals surface area contributed by atoms with E-state index < -0.39 is 0 Å². The van der Waals surface area contributed by atoms with Crippen molar-refractivity contribution in [3.8, 4) is 11.3 Å². The van der Waals surface area contributed by atoms with E-state index >= 15 is 0 Å². The first-order valence-electron chi connectivity index (χ1n) is 8.35. The van der Waals surface area contributed by atoms with Crippen LogP contribution in [0.1, 0.15) is 42.9 Å². The van der Waals surface area contributed by atoms with Crippen molar-refractivity contribution >= 4 is 10.9 Å². The first-order chi connectivity index (χ1) is 10.8. The Morgan fingerprint density at radius 3 is 2.55 bits per heavy atom. The van der Waals surface area contributed by atoms with Crippen LogP contribution in [0.25, 0.3) is 22.2 Å². The summed E-state index contributed by atoms with van der Waals surface area (Å²) < 4.78 is 0. The molecule has 3 aromatic rings. The number of hydrogen-bond acceptors (Lipinski definition) is 1. The van der Waals surface area contributed by atoms with Crippen molar-refractivity contribution in [2.45, 2.75) is 39.0 Å². The summed E-state index contributed by atoms with van der Waals surface area (Å²) in [6.07, 6.45) is 6.22. The Morgan fingerprint density at radius 1 is 0.909 bits per heavy atom. The lowest BCUT2D eigenvalue weighted by atomic mass is 10.0. The summed E-state index contributed by atoms with van der Waals surface area (Å²) in [5.41, 5.74) is 7.80. The Hall–Kier alpha value is -2.15. The van der Waals surface area contributed by atoms with Crippen LogP contribution >= 0.6 is 0 Å². The molecule has 1 nitrogen and oxygen atoms in total. The van der Waals surface area contributed by atoms with E-state index in [0.29, 0.717) is 0 Å². The Balaban J connectivity index is 1.58. The molecule has 0 amide bonds. The summed E-state index contributed by atoms with van der Waals surface area (Å²) >= 11 is 0. The van der Waals surface area contributed by atoms with Crippen LogP contribution < -0.4 is 0 Å². The summed E-state index contributed by atoms with van der Waals surface area (Å²) in [6.45, 7) is 2.25. The molecule has 1 heteroatoms. The van der Waals surface area contributed by atoms with Gasteiger partial charge in [-0.2, -0.15) is 0 Å². The molecule has 1 aliphatic carbocycles. The summed E-state index contributed by atoms with van der Waals surface area (Å²) in [6, 6.07) is 17.8. The van der Waals surface area contributed by atoms with E-state index in [1.807, 2.05) is 0 Å². The van der Waals surface area contributed by atoms with Crippen LogP contribution in [0.2, 0.25) is 0 Å². The van der Waals surface area contributed by atoms with Crippen LogP contribution in [0.15, 0.2) is 48.5 Å². The minimum Gasteiger partial charge on any atom is -0.248 e. The van der Waals surface area contributed by atoms with Crippen LogP contribution in [0.4, 0.5) is 0 Å². The van der Waals surface area contributed by atoms with Crippen molar-refractivity contribution in [1.29, 1.82) is 0 Å². The van der Waals surface area contributed by atoms with E-state index in [9.17, 15) is 0 Å². The lowest BCUT2D eigenvalue weighted by Gasteiger charge is -2.05. The minimum absolute atomic E-state index is 1.08. The smallest absolute Gasteiger partial charge is 0.0712 e. The number of hydrogen-bond donors (Lipinski definition) is 0. The maximum absolute atomic E-state index is 4.84. The van der Waals surface area contributed by atoms with Gasteiger partial charge in [-0.05, 0) is 54.2 Å². The van der Waals surface area contributed by atoms with Crippen molar-refractivity contribution in [3.63, 3.8) is 0 Å². The van der Waals surface area contributed by atoms with Gasteiger partial charge in [-0.15, -0.1) is 0 Å². The Kier molecular flexibility index (Phi) is 3.42. The molecule has 1 heterocycles. The molecule has 110 valence electrons. The monoisotopic (exact) mass is 287 g/mol. The number of benzene rings is 2. The normalized spacial score (nSPS) is 12.4. The fraction of sp³-hybridized carbons (Fsp3) is 0.286. The molecule has 0 fully saturated rings. The first-order valence-corrected chi connectivity index (χ1v) is 8.35. The van der Waals surface area contributed by atoms with Gasteiger partial charge in [-0.25, -0.2) is 4.98 Å². The summed E-state index contributed by atoms with van der Waals surface area (Å²) in [5, 5.41) is 1.26. The number of fused-ring (bicyclic) bond motifs is 2. The van der Waals surface area contributed by atoms with Gasteiger partial charge in [-0.3, -0.25) is 0 Å². The van der Waals surface area contributed by atoms with Gasteiger partial charge in [0.2, 0.25) is 0 Å². The third-order valence-electron chi connectivity index (χ3n) is 4.59. The van der Waals surface area contributed by atoms with E-state index in [1.165, 1.54) is 53.3 Å². The van der Waals surface area contributed by atoms with E-state index in [1.54, 1.807) is 0 Å². The van der Waals surface area contributed by atoms with Crippen molar-refractivity contribution in [1.82, 2.24) is 4.98 Å². The predicted octanol–water partition coefficient (Wildman–Crippen LogP) is 5.54. The van der Waals surface area contributed by atoms with Crippen LogP contribution in [-0.4, -0.2) is 4.98 Å². The standard InChI is InChI=1S/C21H21N/c1-2-3-4-5-15-6-8-16(9-7-15)20-11-10-17-12-18-13-19(18)14-21(17)22-20/h6-12,14H,2-5,13H2,1H3. The molecule has 0 unspecified atom stereocenters. The maximum atomic E-state index is 4.84. The first kappa shape index (κ1) is 13.5. The average Bonchev–Trinajstić information content (AvgIpc) is 3.31. The van der Waals surface area contributed by atoms with Crippen molar-refractivity contribution < 1.29 is 0 Å². The number of nitrogens with zero attached hydrogens (tertiary/aromatic N) is 1. The zero-order valence-electron chi connectivity index (χ0n) is 13.1. The molecule has 0 radical (unpaired) electrons. The van der Waals surface area contributed by atoms with Crippen LogP contribution in [0.5, 0.6) is 0 Å². The molecule has 22 heavy (non-hydrogen) atoms. The molecule has 0 saturated heterocycles. The van der Waals surface area contributed by atoms with Gasteiger partial charge in [0.15, 0.2) is 0 Å². The Labute approximate surface area is 132 Å². The van der Waals surface area contributed by atoms with Crippen LogP contribution in [-0.2, 0) is 12.8 Å². The zero-order valence-corrected chi connectivity index (χ0v) is 13.1.